The predicted molar refractivity (Wildman–Crippen MR) is 71.2 cm³/mol. The molecular weight excluding hydrogens is 243 g/mol. The Labute approximate surface area is 112 Å². The lowest BCUT2D eigenvalue weighted by atomic mass is 9.72. The highest BCUT2D eigenvalue weighted by Gasteiger charge is 2.45. The fourth-order valence-electron chi connectivity index (χ4n) is 3.15. The normalized spacial score (nSPS) is 21.2. The molecule has 3 nitrogen and oxygen atoms in total. The summed E-state index contributed by atoms with van der Waals surface area (Å²) in [5, 5.41) is 3.35. The SMILES string of the molecule is O=C(Cc1cccc(F)c1)N1CC2(CCNCC2)C1. The van der Waals surface area contributed by atoms with Gasteiger partial charge in [0.05, 0.1) is 6.42 Å². The van der Waals surface area contributed by atoms with Gasteiger partial charge in [0.2, 0.25) is 5.91 Å². The Morgan fingerprint density at radius 3 is 2.74 bits per heavy atom. The fourth-order valence-corrected chi connectivity index (χ4v) is 3.15. The van der Waals surface area contributed by atoms with Gasteiger partial charge in [-0.25, -0.2) is 4.39 Å². The van der Waals surface area contributed by atoms with Crippen LogP contribution in [0.25, 0.3) is 0 Å². The van der Waals surface area contributed by atoms with E-state index in [4.69, 9.17) is 0 Å². The van der Waals surface area contributed by atoms with E-state index >= 15 is 0 Å². The molecule has 1 spiro atoms. The first kappa shape index (κ1) is 12.6. The molecule has 1 aromatic carbocycles. The quantitative estimate of drug-likeness (QED) is 0.877. The van der Waals surface area contributed by atoms with E-state index in [1.807, 2.05) is 4.90 Å². The van der Waals surface area contributed by atoms with Crippen LogP contribution in [0.2, 0.25) is 0 Å². The third kappa shape index (κ3) is 2.63. The molecule has 102 valence electrons. The van der Waals surface area contributed by atoms with Crippen LogP contribution in [0.1, 0.15) is 18.4 Å². The Morgan fingerprint density at radius 1 is 1.32 bits per heavy atom. The van der Waals surface area contributed by atoms with Crippen molar-refractivity contribution >= 4 is 5.91 Å². The standard InChI is InChI=1S/C15H19FN2O/c16-13-3-1-2-12(8-13)9-14(19)18-10-15(11-18)4-6-17-7-5-15/h1-3,8,17H,4-7,9-11H2. The monoisotopic (exact) mass is 262 g/mol. The number of hydrogen-bond acceptors (Lipinski definition) is 2. The predicted octanol–water partition coefficient (Wildman–Crippen LogP) is 1.58. The fraction of sp³-hybridized carbons (Fsp3) is 0.533. The molecule has 2 fully saturated rings. The van der Waals surface area contributed by atoms with Gasteiger partial charge < -0.3 is 10.2 Å². The van der Waals surface area contributed by atoms with Gasteiger partial charge in [-0.05, 0) is 43.6 Å². The highest BCUT2D eigenvalue weighted by molar-refractivity contribution is 5.79. The summed E-state index contributed by atoms with van der Waals surface area (Å²) < 4.78 is 13.1. The molecule has 0 radical (unpaired) electrons. The summed E-state index contributed by atoms with van der Waals surface area (Å²) >= 11 is 0. The Morgan fingerprint density at radius 2 is 2.05 bits per heavy atom. The van der Waals surface area contributed by atoms with Gasteiger partial charge in [-0.15, -0.1) is 0 Å². The van der Waals surface area contributed by atoms with Crippen LogP contribution in [0.4, 0.5) is 4.39 Å². The van der Waals surface area contributed by atoms with Crippen LogP contribution in [-0.4, -0.2) is 37.0 Å². The molecule has 2 heterocycles. The summed E-state index contributed by atoms with van der Waals surface area (Å²) in [6, 6.07) is 6.31. The maximum absolute atomic E-state index is 13.1. The zero-order chi connectivity index (χ0) is 13.3. The summed E-state index contributed by atoms with van der Waals surface area (Å²) in [5.74, 6) is -0.154. The second-order valence-electron chi connectivity index (χ2n) is 5.81. The zero-order valence-corrected chi connectivity index (χ0v) is 11.0. The molecule has 0 saturated carbocycles. The Bertz CT molecular complexity index is 475. The number of nitrogens with zero attached hydrogens (tertiary/aromatic N) is 1. The third-order valence-electron chi connectivity index (χ3n) is 4.31. The first-order valence-electron chi connectivity index (χ1n) is 6.90. The summed E-state index contributed by atoms with van der Waals surface area (Å²) in [7, 11) is 0. The number of nitrogens with one attached hydrogen (secondary N) is 1. The van der Waals surface area contributed by atoms with Crippen molar-refractivity contribution in [3.63, 3.8) is 0 Å². The van der Waals surface area contributed by atoms with Crippen LogP contribution in [0, 0.1) is 11.2 Å². The van der Waals surface area contributed by atoms with Crippen molar-refractivity contribution < 1.29 is 9.18 Å². The van der Waals surface area contributed by atoms with Crippen molar-refractivity contribution in [3.8, 4) is 0 Å². The van der Waals surface area contributed by atoms with Crippen LogP contribution in [0.5, 0.6) is 0 Å². The van der Waals surface area contributed by atoms with Crippen LogP contribution in [-0.2, 0) is 11.2 Å². The molecule has 19 heavy (non-hydrogen) atoms. The van der Waals surface area contributed by atoms with Crippen LogP contribution in [0.15, 0.2) is 24.3 Å². The van der Waals surface area contributed by atoms with Crippen LogP contribution >= 0.6 is 0 Å². The number of benzene rings is 1. The summed E-state index contributed by atoms with van der Waals surface area (Å²) in [6.07, 6.45) is 2.64. The van der Waals surface area contributed by atoms with Crippen molar-refractivity contribution in [2.75, 3.05) is 26.2 Å². The van der Waals surface area contributed by atoms with E-state index in [1.54, 1.807) is 12.1 Å². The Hall–Kier alpha value is -1.42. The van der Waals surface area contributed by atoms with Gasteiger partial charge in [-0.3, -0.25) is 4.79 Å². The van der Waals surface area contributed by atoms with Crippen molar-refractivity contribution in [2.45, 2.75) is 19.3 Å². The molecule has 0 unspecified atom stereocenters. The summed E-state index contributed by atoms with van der Waals surface area (Å²) in [4.78, 5) is 14.0. The molecule has 0 atom stereocenters. The molecule has 2 saturated heterocycles. The lowest BCUT2D eigenvalue weighted by Crippen LogP contribution is -2.61. The van der Waals surface area contributed by atoms with Crippen molar-refractivity contribution in [1.82, 2.24) is 10.2 Å². The van der Waals surface area contributed by atoms with E-state index in [9.17, 15) is 9.18 Å². The molecule has 2 aliphatic heterocycles. The van der Waals surface area contributed by atoms with E-state index in [-0.39, 0.29) is 11.7 Å². The van der Waals surface area contributed by atoms with E-state index < -0.39 is 0 Å². The maximum atomic E-state index is 13.1. The smallest absolute Gasteiger partial charge is 0.227 e. The number of carbonyl (C=O) groups excluding carboxylic acids is 1. The van der Waals surface area contributed by atoms with Crippen molar-refractivity contribution in [2.24, 2.45) is 5.41 Å². The minimum Gasteiger partial charge on any atom is -0.341 e. The number of amides is 1. The highest BCUT2D eigenvalue weighted by Crippen LogP contribution is 2.38. The van der Waals surface area contributed by atoms with Gasteiger partial charge in [0.15, 0.2) is 0 Å². The van der Waals surface area contributed by atoms with Gasteiger partial charge in [0.25, 0.3) is 0 Å². The van der Waals surface area contributed by atoms with Gasteiger partial charge in [-0.1, -0.05) is 12.1 Å². The number of hydrogen-bond donors (Lipinski definition) is 1. The lowest BCUT2D eigenvalue weighted by molar-refractivity contribution is -0.144. The molecule has 4 heteroatoms. The van der Waals surface area contributed by atoms with E-state index in [0.717, 1.165) is 44.6 Å². The Balaban J connectivity index is 1.55. The molecule has 1 amide bonds. The van der Waals surface area contributed by atoms with E-state index in [2.05, 4.69) is 5.32 Å². The van der Waals surface area contributed by atoms with Gasteiger partial charge in [0, 0.05) is 18.5 Å². The number of carbonyl (C=O) groups is 1. The van der Waals surface area contributed by atoms with E-state index in [1.165, 1.54) is 12.1 Å². The van der Waals surface area contributed by atoms with Gasteiger partial charge in [0.1, 0.15) is 5.82 Å². The molecule has 0 aliphatic carbocycles. The Kier molecular flexibility index (Phi) is 3.27. The van der Waals surface area contributed by atoms with Crippen molar-refractivity contribution in [3.05, 3.63) is 35.6 Å². The number of piperidine rings is 1. The molecule has 1 N–H and O–H groups in total. The topological polar surface area (TPSA) is 32.3 Å². The van der Waals surface area contributed by atoms with Gasteiger partial charge >= 0.3 is 0 Å². The van der Waals surface area contributed by atoms with E-state index in [0.29, 0.717) is 11.8 Å². The molecular formula is C15H19FN2O. The average Bonchev–Trinajstić information content (AvgIpc) is 2.36. The maximum Gasteiger partial charge on any atom is 0.227 e. The number of rotatable bonds is 2. The number of likely N-dealkylation sites (tertiary alicyclic amines) is 1. The summed E-state index contributed by atoms with van der Waals surface area (Å²) in [6.45, 7) is 3.88. The zero-order valence-electron chi connectivity index (χ0n) is 11.0. The molecule has 0 aromatic heterocycles. The minimum atomic E-state index is -0.274. The average molecular weight is 262 g/mol. The van der Waals surface area contributed by atoms with Crippen molar-refractivity contribution in [1.29, 1.82) is 0 Å². The van der Waals surface area contributed by atoms with Crippen LogP contribution in [0.3, 0.4) is 0 Å². The third-order valence-corrected chi connectivity index (χ3v) is 4.31. The second-order valence-corrected chi connectivity index (χ2v) is 5.81. The molecule has 3 rings (SSSR count). The van der Waals surface area contributed by atoms with Gasteiger partial charge in [-0.2, -0.15) is 0 Å². The summed E-state index contributed by atoms with van der Waals surface area (Å²) in [5.41, 5.74) is 1.12. The largest absolute Gasteiger partial charge is 0.341 e. The first-order valence-corrected chi connectivity index (χ1v) is 6.90. The van der Waals surface area contributed by atoms with Crippen LogP contribution < -0.4 is 5.32 Å². The molecule has 2 aliphatic rings. The molecule has 1 aromatic rings. The first-order chi connectivity index (χ1) is 9.17. The lowest BCUT2D eigenvalue weighted by Gasteiger charge is -2.52. The highest BCUT2D eigenvalue weighted by atomic mass is 19.1. The number of halogens is 1. The second kappa shape index (κ2) is 4.93. The molecule has 0 bridgehead atoms. The minimum absolute atomic E-state index is 0.120.